The Kier molecular flexibility index (Phi) is 6.20. The van der Waals surface area contributed by atoms with E-state index in [1.807, 2.05) is 0 Å². The van der Waals surface area contributed by atoms with Gasteiger partial charge in [0.25, 0.3) is 21.8 Å². The molecule has 0 aliphatic rings. The predicted octanol–water partition coefficient (Wildman–Crippen LogP) is 3.77. The second-order valence-corrected chi connectivity index (χ2v) is 11.7. The summed E-state index contributed by atoms with van der Waals surface area (Å²) in [5.74, 6) is -0.916. The number of aryl methyl sites for hydroxylation is 3. The maximum absolute atomic E-state index is 12.8. The van der Waals surface area contributed by atoms with Crippen molar-refractivity contribution in [2.75, 3.05) is 16.3 Å². The summed E-state index contributed by atoms with van der Waals surface area (Å²) in [6.45, 7) is 4.78. The van der Waals surface area contributed by atoms with Gasteiger partial charge in [-0.05, 0) is 55.5 Å². The molecular weight excluding hydrogens is 486 g/mol. The van der Waals surface area contributed by atoms with E-state index < -0.39 is 25.8 Å². The number of nitrogens with one attached hydrogen (secondary N) is 2. The first-order valence-corrected chi connectivity index (χ1v) is 13.3. The molecule has 0 saturated carbocycles. The molecule has 0 bridgehead atoms. The Labute approximate surface area is 188 Å². The molecule has 3 rings (SSSR count). The first-order chi connectivity index (χ1) is 14.3. The summed E-state index contributed by atoms with van der Waals surface area (Å²) >= 11 is 6.89. The summed E-state index contributed by atoms with van der Waals surface area (Å²) in [6.07, 6.45) is 1.11. The van der Waals surface area contributed by atoms with Crippen LogP contribution in [0.25, 0.3) is 0 Å². The van der Waals surface area contributed by atoms with Crippen LogP contribution in [0.15, 0.2) is 37.9 Å². The van der Waals surface area contributed by atoms with Crippen molar-refractivity contribution in [2.24, 2.45) is 0 Å². The van der Waals surface area contributed by atoms with Gasteiger partial charge in [0.2, 0.25) is 0 Å². The Balaban J connectivity index is 1.90. The number of hydrogen-bond acceptors (Lipinski definition) is 8. The summed E-state index contributed by atoms with van der Waals surface area (Å²) in [4.78, 5) is 12.7. The summed E-state index contributed by atoms with van der Waals surface area (Å²) in [5.41, 5.74) is 1.58. The number of sulfonamides is 1. The smallest absolute Gasteiger partial charge is 0.267 e. The van der Waals surface area contributed by atoms with E-state index in [1.54, 1.807) is 20.8 Å². The third-order valence-corrected chi connectivity index (χ3v) is 8.48. The fourth-order valence-electron chi connectivity index (χ4n) is 3.07. The minimum Gasteiger partial charge on any atom is -0.336 e. The molecule has 0 atom stereocenters. The van der Waals surface area contributed by atoms with E-state index in [-0.39, 0.29) is 25.6 Å². The number of aromatic nitrogens is 1. The third kappa shape index (κ3) is 4.76. The first kappa shape index (κ1) is 23.3. The van der Waals surface area contributed by atoms with Crippen LogP contribution in [0.3, 0.4) is 0 Å². The Morgan fingerprint density at radius 1 is 1.13 bits per heavy atom. The quantitative estimate of drug-likeness (QED) is 0.522. The zero-order valence-electron chi connectivity index (χ0n) is 16.8. The Morgan fingerprint density at radius 3 is 2.26 bits per heavy atom. The lowest BCUT2D eigenvalue weighted by Crippen LogP contribution is -2.18. The van der Waals surface area contributed by atoms with Crippen molar-refractivity contribution in [3.05, 3.63) is 50.3 Å². The zero-order chi connectivity index (χ0) is 23.1. The van der Waals surface area contributed by atoms with Crippen LogP contribution in [0.2, 0.25) is 5.02 Å². The molecule has 0 aliphatic heterocycles. The molecule has 1 amide bonds. The average Bonchev–Trinajstić information content (AvgIpc) is 3.23. The summed E-state index contributed by atoms with van der Waals surface area (Å²) in [5, 5.41) is 7.68. The van der Waals surface area contributed by atoms with Gasteiger partial charge in [0.1, 0.15) is 20.5 Å². The lowest BCUT2D eigenvalue weighted by molar-refractivity contribution is 0.102. The van der Waals surface area contributed by atoms with Crippen molar-refractivity contribution < 1.29 is 26.2 Å². The molecule has 0 aliphatic carbocycles. The fraction of sp³-hybridized carbons (Fsp3) is 0.222. The molecule has 3 aromatic rings. The van der Waals surface area contributed by atoms with Crippen molar-refractivity contribution >= 4 is 60.3 Å². The van der Waals surface area contributed by atoms with Crippen molar-refractivity contribution in [3.8, 4) is 0 Å². The SMILES string of the molecule is Cc1cc(NC(=O)c2sccc2S(=O)(=O)Nc2onc(C)c2Cl)cc(C)c1S(C)(=O)=O. The molecule has 166 valence electrons. The number of sulfone groups is 1. The molecule has 1 aromatic carbocycles. The topological polar surface area (TPSA) is 135 Å². The number of carbonyl (C=O) groups is 1. The predicted molar refractivity (Wildman–Crippen MR) is 118 cm³/mol. The fourth-order valence-corrected chi connectivity index (χ4v) is 6.85. The molecule has 2 heterocycles. The zero-order valence-corrected chi connectivity index (χ0v) is 20.0. The van der Waals surface area contributed by atoms with Gasteiger partial charge in [-0.3, -0.25) is 4.79 Å². The van der Waals surface area contributed by atoms with Crippen LogP contribution in [-0.4, -0.2) is 34.2 Å². The monoisotopic (exact) mass is 503 g/mol. The summed E-state index contributed by atoms with van der Waals surface area (Å²) < 4.78 is 56.5. The highest BCUT2D eigenvalue weighted by atomic mass is 35.5. The van der Waals surface area contributed by atoms with Crippen LogP contribution >= 0.6 is 22.9 Å². The Hall–Kier alpha value is -2.41. The maximum Gasteiger partial charge on any atom is 0.267 e. The van der Waals surface area contributed by atoms with Gasteiger partial charge < -0.3 is 9.84 Å². The van der Waals surface area contributed by atoms with Crippen LogP contribution in [0, 0.1) is 20.8 Å². The van der Waals surface area contributed by atoms with Crippen molar-refractivity contribution in [2.45, 2.75) is 30.6 Å². The largest absolute Gasteiger partial charge is 0.336 e. The highest BCUT2D eigenvalue weighted by molar-refractivity contribution is 7.93. The summed E-state index contributed by atoms with van der Waals surface area (Å²) in [7, 11) is -7.62. The lowest BCUT2D eigenvalue weighted by Gasteiger charge is -2.12. The molecule has 0 saturated heterocycles. The van der Waals surface area contributed by atoms with Crippen molar-refractivity contribution in [1.82, 2.24) is 5.16 Å². The molecule has 0 unspecified atom stereocenters. The van der Waals surface area contributed by atoms with E-state index in [2.05, 4.69) is 15.2 Å². The highest BCUT2D eigenvalue weighted by Gasteiger charge is 2.27. The van der Waals surface area contributed by atoms with Gasteiger partial charge in [0, 0.05) is 11.9 Å². The van der Waals surface area contributed by atoms with Crippen LogP contribution in [0.1, 0.15) is 26.5 Å². The number of carbonyl (C=O) groups excluding carboxylic acids is 1. The third-order valence-electron chi connectivity index (χ3n) is 4.23. The second kappa shape index (κ2) is 8.26. The van der Waals surface area contributed by atoms with Gasteiger partial charge in [0.15, 0.2) is 9.84 Å². The summed E-state index contributed by atoms with van der Waals surface area (Å²) in [6, 6.07) is 4.30. The normalized spacial score (nSPS) is 12.0. The molecule has 2 N–H and O–H groups in total. The van der Waals surface area contributed by atoms with E-state index >= 15 is 0 Å². The van der Waals surface area contributed by atoms with Crippen LogP contribution in [-0.2, 0) is 19.9 Å². The lowest BCUT2D eigenvalue weighted by atomic mass is 10.1. The maximum atomic E-state index is 12.8. The molecule has 2 aromatic heterocycles. The van der Waals surface area contributed by atoms with Crippen LogP contribution in [0.4, 0.5) is 11.6 Å². The first-order valence-electron chi connectivity index (χ1n) is 8.66. The number of rotatable bonds is 6. The molecule has 0 spiro atoms. The van der Waals surface area contributed by atoms with Crippen molar-refractivity contribution in [3.63, 3.8) is 0 Å². The van der Waals surface area contributed by atoms with Gasteiger partial charge in [-0.15, -0.1) is 11.3 Å². The van der Waals surface area contributed by atoms with Gasteiger partial charge in [-0.1, -0.05) is 16.8 Å². The standard InChI is InChI=1S/C18H18ClN3O6S3/c1-9-7-12(8-10(2)16(9)30(4,24)25)20-17(23)15-13(5-6-29-15)31(26,27)22-18-14(19)11(3)21-28-18/h5-8,22H,1-4H3,(H,20,23). The molecule has 13 heteroatoms. The average molecular weight is 504 g/mol. The van der Waals surface area contributed by atoms with Gasteiger partial charge in [0.05, 0.1) is 4.90 Å². The highest BCUT2D eigenvalue weighted by Crippen LogP contribution is 2.31. The minimum atomic E-state index is -4.19. The number of thiophene rings is 1. The number of hydrogen-bond donors (Lipinski definition) is 2. The van der Waals surface area contributed by atoms with E-state index in [4.69, 9.17) is 16.1 Å². The molecule has 0 fully saturated rings. The number of anilines is 2. The molecule has 9 nitrogen and oxygen atoms in total. The Morgan fingerprint density at radius 2 is 1.74 bits per heavy atom. The van der Waals surface area contributed by atoms with Crippen LogP contribution < -0.4 is 10.0 Å². The Bertz CT molecular complexity index is 1370. The number of nitrogens with zero attached hydrogens (tertiary/aromatic N) is 1. The molecular formula is C18H18ClN3O6S3. The van der Waals surface area contributed by atoms with E-state index in [9.17, 15) is 21.6 Å². The number of amides is 1. The van der Waals surface area contributed by atoms with E-state index in [0.717, 1.165) is 17.6 Å². The minimum absolute atomic E-state index is 0.0155. The molecule has 0 radical (unpaired) electrons. The number of halogens is 1. The van der Waals surface area contributed by atoms with Crippen LogP contribution in [0.5, 0.6) is 0 Å². The number of benzene rings is 1. The van der Waals surface area contributed by atoms with Crippen molar-refractivity contribution in [1.29, 1.82) is 0 Å². The van der Waals surface area contributed by atoms with E-state index in [1.165, 1.54) is 23.6 Å². The van der Waals surface area contributed by atoms with E-state index in [0.29, 0.717) is 22.5 Å². The second-order valence-electron chi connectivity index (χ2n) is 6.80. The molecule has 31 heavy (non-hydrogen) atoms. The van der Waals surface area contributed by atoms with Gasteiger partial charge >= 0.3 is 0 Å². The van der Waals surface area contributed by atoms with Gasteiger partial charge in [-0.25, -0.2) is 21.6 Å². The van der Waals surface area contributed by atoms with Gasteiger partial charge in [-0.2, -0.15) is 0 Å².